The zero-order valence-corrected chi connectivity index (χ0v) is 12.2. The van der Waals surface area contributed by atoms with Crippen LogP contribution >= 0.6 is 15.9 Å². The smallest absolute Gasteiger partial charge is 0.0249 e. The van der Waals surface area contributed by atoms with Crippen LogP contribution < -0.4 is 5.32 Å². The maximum atomic E-state index is 3.64. The summed E-state index contributed by atoms with van der Waals surface area (Å²) >= 11 is 3.64. The Hall–Kier alpha value is -0.380. The molecule has 1 aliphatic rings. The van der Waals surface area contributed by atoms with E-state index < -0.39 is 0 Å². The third-order valence-corrected chi connectivity index (χ3v) is 4.30. The molecule has 2 atom stereocenters. The second-order valence-corrected chi connectivity index (χ2v) is 5.75. The average molecular weight is 297 g/mol. The summed E-state index contributed by atoms with van der Waals surface area (Å²) in [6, 6.07) is 9.79. The van der Waals surface area contributed by atoms with Gasteiger partial charge in [0.05, 0.1) is 0 Å². The molecular weight excluding hydrogens is 276 g/mol. The predicted octanol–water partition coefficient (Wildman–Crippen LogP) is 3.02. The summed E-state index contributed by atoms with van der Waals surface area (Å²) in [6.07, 6.45) is 1.21. The molecule has 17 heavy (non-hydrogen) atoms. The van der Waals surface area contributed by atoms with Crippen molar-refractivity contribution in [2.45, 2.75) is 38.9 Å². The molecule has 2 rings (SSSR count). The van der Waals surface area contributed by atoms with Gasteiger partial charge in [0.1, 0.15) is 0 Å². The highest BCUT2D eigenvalue weighted by molar-refractivity contribution is 9.10. The van der Waals surface area contributed by atoms with Gasteiger partial charge < -0.3 is 5.32 Å². The SMILES string of the molecule is CCC1CNC(C)CN1Cc1ccccc1Br. The Labute approximate surface area is 113 Å². The van der Waals surface area contributed by atoms with Crippen LogP contribution in [0.4, 0.5) is 0 Å². The third kappa shape index (κ3) is 3.30. The maximum Gasteiger partial charge on any atom is 0.0249 e. The summed E-state index contributed by atoms with van der Waals surface area (Å²) in [5, 5.41) is 3.56. The second-order valence-electron chi connectivity index (χ2n) is 4.89. The first-order valence-corrected chi connectivity index (χ1v) is 7.20. The minimum absolute atomic E-state index is 0.597. The van der Waals surface area contributed by atoms with Crippen molar-refractivity contribution >= 4 is 15.9 Å². The highest BCUT2D eigenvalue weighted by Crippen LogP contribution is 2.21. The molecular formula is C14H21BrN2. The average Bonchev–Trinajstić information content (AvgIpc) is 2.32. The van der Waals surface area contributed by atoms with Crippen LogP contribution in [0.25, 0.3) is 0 Å². The van der Waals surface area contributed by atoms with Crippen molar-refractivity contribution in [3.63, 3.8) is 0 Å². The van der Waals surface area contributed by atoms with E-state index >= 15 is 0 Å². The first kappa shape index (κ1) is 13.1. The lowest BCUT2D eigenvalue weighted by Crippen LogP contribution is -2.54. The Balaban J connectivity index is 2.07. The molecule has 0 amide bonds. The van der Waals surface area contributed by atoms with Crippen LogP contribution in [0.2, 0.25) is 0 Å². The summed E-state index contributed by atoms with van der Waals surface area (Å²) in [4.78, 5) is 2.60. The van der Waals surface area contributed by atoms with E-state index in [0.29, 0.717) is 12.1 Å². The number of piperazine rings is 1. The Bertz CT molecular complexity index is 367. The van der Waals surface area contributed by atoms with Gasteiger partial charge in [-0.2, -0.15) is 0 Å². The van der Waals surface area contributed by atoms with Crippen molar-refractivity contribution in [1.82, 2.24) is 10.2 Å². The zero-order valence-electron chi connectivity index (χ0n) is 10.6. The fourth-order valence-corrected chi connectivity index (χ4v) is 2.88. The van der Waals surface area contributed by atoms with Crippen LogP contribution in [0, 0.1) is 0 Å². The number of hydrogen-bond donors (Lipinski definition) is 1. The highest BCUT2D eigenvalue weighted by atomic mass is 79.9. The number of nitrogens with one attached hydrogen (secondary N) is 1. The second kappa shape index (κ2) is 5.98. The fourth-order valence-electron chi connectivity index (χ4n) is 2.47. The van der Waals surface area contributed by atoms with Crippen LogP contribution in [0.1, 0.15) is 25.8 Å². The molecule has 0 aromatic heterocycles. The van der Waals surface area contributed by atoms with E-state index in [-0.39, 0.29) is 0 Å². The highest BCUT2D eigenvalue weighted by Gasteiger charge is 2.24. The van der Waals surface area contributed by atoms with Crippen molar-refractivity contribution in [2.24, 2.45) is 0 Å². The van der Waals surface area contributed by atoms with Gasteiger partial charge in [-0.3, -0.25) is 4.90 Å². The number of rotatable bonds is 3. The van der Waals surface area contributed by atoms with Crippen molar-refractivity contribution in [2.75, 3.05) is 13.1 Å². The predicted molar refractivity (Wildman–Crippen MR) is 76.1 cm³/mol. The van der Waals surface area contributed by atoms with Gasteiger partial charge in [-0.15, -0.1) is 0 Å². The Morgan fingerprint density at radius 1 is 1.41 bits per heavy atom. The van der Waals surface area contributed by atoms with Gasteiger partial charge in [0.25, 0.3) is 0 Å². The quantitative estimate of drug-likeness (QED) is 0.922. The first-order valence-electron chi connectivity index (χ1n) is 6.41. The van der Waals surface area contributed by atoms with Gasteiger partial charge in [0.2, 0.25) is 0 Å². The fraction of sp³-hybridized carbons (Fsp3) is 0.571. The normalized spacial score (nSPS) is 26.1. The molecule has 94 valence electrons. The lowest BCUT2D eigenvalue weighted by molar-refractivity contribution is 0.124. The number of hydrogen-bond acceptors (Lipinski definition) is 2. The lowest BCUT2D eigenvalue weighted by Gasteiger charge is -2.39. The van der Waals surface area contributed by atoms with Crippen molar-refractivity contribution in [1.29, 1.82) is 0 Å². The molecule has 3 heteroatoms. The minimum Gasteiger partial charge on any atom is -0.311 e. The summed E-state index contributed by atoms with van der Waals surface area (Å²) in [7, 11) is 0. The molecule has 1 aliphatic heterocycles. The molecule has 2 nitrogen and oxygen atoms in total. The van der Waals surface area contributed by atoms with Gasteiger partial charge in [0, 0.05) is 36.2 Å². The van der Waals surface area contributed by atoms with Gasteiger partial charge in [-0.25, -0.2) is 0 Å². The molecule has 0 saturated carbocycles. The summed E-state index contributed by atoms with van der Waals surface area (Å²) in [5.41, 5.74) is 1.39. The molecule has 0 bridgehead atoms. The van der Waals surface area contributed by atoms with Crippen LogP contribution in [0.3, 0.4) is 0 Å². The molecule has 0 aliphatic carbocycles. The topological polar surface area (TPSA) is 15.3 Å². The molecule has 0 spiro atoms. The zero-order chi connectivity index (χ0) is 12.3. The van der Waals surface area contributed by atoms with Crippen molar-refractivity contribution < 1.29 is 0 Å². The Kier molecular flexibility index (Phi) is 4.60. The van der Waals surface area contributed by atoms with Crippen LogP contribution in [-0.4, -0.2) is 30.1 Å². The molecule has 1 saturated heterocycles. The van der Waals surface area contributed by atoms with Gasteiger partial charge in [-0.1, -0.05) is 41.1 Å². The van der Waals surface area contributed by atoms with E-state index in [4.69, 9.17) is 0 Å². The van der Waals surface area contributed by atoms with E-state index in [2.05, 4.69) is 64.3 Å². The molecule has 2 unspecified atom stereocenters. The molecule has 0 radical (unpaired) electrons. The molecule has 1 heterocycles. The molecule has 1 aromatic carbocycles. The maximum absolute atomic E-state index is 3.64. The standard InChI is InChI=1S/C14H21BrN2/c1-3-13-8-16-11(2)9-17(13)10-12-6-4-5-7-14(12)15/h4-7,11,13,16H,3,8-10H2,1-2H3. The van der Waals surface area contributed by atoms with E-state index in [9.17, 15) is 0 Å². The van der Waals surface area contributed by atoms with E-state index in [1.54, 1.807) is 0 Å². The number of benzene rings is 1. The van der Waals surface area contributed by atoms with E-state index in [0.717, 1.165) is 19.6 Å². The minimum atomic E-state index is 0.597. The first-order chi connectivity index (χ1) is 8.20. The van der Waals surface area contributed by atoms with E-state index in [1.807, 2.05) is 0 Å². The molecule has 1 N–H and O–H groups in total. The van der Waals surface area contributed by atoms with E-state index in [1.165, 1.54) is 16.5 Å². The summed E-state index contributed by atoms with van der Waals surface area (Å²) in [6.45, 7) is 7.84. The lowest BCUT2D eigenvalue weighted by atomic mass is 10.1. The van der Waals surface area contributed by atoms with Crippen molar-refractivity contribution in [3.05, 3.63) is 34.3 Å². The summed E-state index contributed by atoms with van der Waals surface area (Å²) in [5.74, 6) is 0. The van der Waals surface area contributed by atoms with Crippen LogP contribution in [0.5, 0.6) is 0 Å². The monoisotopic (exact) mass is 296 g/mol. The molecule has 1 aromatic rings. The Morgan fingerprint density at radius 3 is 2.88 bits per heavy atom. The van der Waals surface area contributed by atoms with Crippen LogP contribution in [0.15, 0.2) is 28.7 Å². The van der Waals surface area contributed by atoms with Gasteiger partial charge in [-0.05, 0) is 25.0 Å². The molecule has 1 fully saturated rings. The largest absolute Gasteiger partial charge is 0.311 e. The third-order valence-electron chi connectivity index (χ3n) is 3.53. The summed E-state index contributed by atoms with van der Waals surface area (Å²) < 4.78 is 1.22. The van der Waals surface area contributed by atoms with Gasteiger partial charge in [0.15, 0.2) is 0 Å². The van der Waals surface area contributed by atoms with Crippen molar-refractivity contribution in [3.8, 4) is 0 Å². The number of halogens is 1. The van der Waals surface area contributed by atoms with Crippen LogP contribution in [-0.2, 0) is 6.54 Å². The number of nitrogens with zero attached hydrogens (tertiary/aromatic N) is 1. The van der Waals surface area contributed by atoms with Gasteiger partial charge >= 0.3 is 0 Å². The Morgan fingerprint density at radius 2 is 2.18 bits per heavy atom.